The first kappa shape index (κ1) is 17.2. The van der Waals surface area contributed by atoms with E-state index in [0.29, 0.717) is 23.6 Å². The third kappa shape index (κ3) is 4.95. The van der Waals surface area contributed by atoms with Gasteiger partial charge in [-0.3, -0.25) is 9.59 Å². The SMILES string of the molecule is CCOc1ccccc1/C=N\NC(=O)C(=O)Nc1ccc(C)cc1. The summed E-state index contributed by atoms with van der Waals surface area (Å²) in [6.07, 6.45) is 1.43. The first-order valence-corrected chi connectivity index (χ1v) is 7.53. The molecule has 2 aromatic rings. The molecule has 2 N–H and O–H groups in total. The lowest BCUT2D eigenvalue weighted by Crippen LogP contribution is -2.32. The quantitative estimate of drug-likeness (QED) is 0.503. The van der Waals surface area contributed by atoms with Crippen molar-refractivity contribution in [1.29, 1.82) is 0 Å². The third-order valence-corrected chi connectivity index (χ3v) is 3.10. The predicted octanol–water partition coefficient (Wildman–Crippen LogP) is 2.48. The molecule has 124 valence electrons. The minimum Gasteiger partial charge on any atom is -0.493 e. The Kier molecular flexibility index (Phi) is 6.08. The van der Waals surface area contributed by atoms with Crippen LogP contribution >= 0.6 is 0 Å². The van der Waals surface area contributed by atoms with Crippen molar-refractivity contribution in [3.05, 3.63) is 59.7 Å². The minimum absolute atomic E-state index is 0.524. The monoisotopic (exact) mass is 325 g/mol. The van der Waals surface area contributed by atoms with E-state index in [0.717, 1.165) is 5.56 Å². The standard InChI is InChI=1S/C18H19N3O3/c1-3-24-16-7-5-4-6-14(16)12-19-21-18(23)17(22)20-15-10-8-13(2)9-11-15/h4-12H,3H2,1-2H3,(H,20,22)(H,21,23)/b19-12-. The second-order valence-corrected chi connectivity index (χ2v) is 4.99. The number of aryl methyl sites for hydroxylation is 1. The molecule has 0 heterocycles. The molecule has 2 rings (SSSR count). The van der Waals surface area contributed by atoms with Crippen molar-refractivity contribution in [3.63, 3.8) is 0 Å². The molecular formula is C18H19N3O3. The highest BCUT2D eigenvalue weighted by atomic mass is 16.5. The van der Waals surface area contributed by atoms with Gasteiger partial charge in [0.1, 0.15) is 5.75 Å². The van der Waals surface area contributed by atoms with Gasteiger partial charge in [-0.2, -0.15) is 5.10 Å². The van der Waals surface area contributed by atoms with Gasteiger partial charge in [0, 0.05) is 11.3 Å². The van der Waals surface area contributed by atoms with E-state index in [2.05, 4.69) is 15.8 Å². The molecule has 0 radical (unpaired) electrons. The third-order valence-electron chi connectivity index (χ3n) is 3.10. The molecule has 0 atom stereocenters. The summed E-state index contributed by atoms with van der Waals surface area (Å²) in [6, 6.07) is 14.4. The largest absolute Gasteiger partial charge is 0.493 e. The van der Waals surface area contributed by atoms with Crippen molar-refractivity contribution in [2.24, 2.45) is 5.10 Å². The zero-order valence-electron chi connectivity index (χ0n) is 13.6. The first-order chi connectivity index (χ1) is 11.6. The van der Waals surface area contributed by atoms with Crippen LogP contribution < -0.4 is 15.5 Å². The second-order valence-electron chi connectivity index (χ2n) is 4.99. The average molecular weight is 325 g/mol. The summed E-state index contributed by atoms with van der Waals surface area (Å²) < 4.78 is 5.45. The van der Waals surface area contributed by atoms with Crippen LogP contribution in [-0.4, -0.2) is 24.6 Å². The highest BCUT2D eigenvalue weighted by molar-refractivity contribution is 6.39. The fourth-order valence-electron chi connectivity index (χ4n) is 1.91. The number of amides is 2. The van der Waals surface area contributed by atoms with Crippen molar-refractivity contribution in [3.8, 4) is 5.75 Å². The van der Waals surface area contributed by atoms with Gasteiger partial charge in [-0.25, -0.2) is 5.43 Å². The van der Waals surface area contributed by atoms with Crippen LogP contribution in [0.3, 0.4) is 0 Å². The number of ether oxygens (including phenoxy) is 1. The van der Waals surface area contributed by atoms with Gasteiger partial charge in [-0.15, -0.1) is 0 Å². The van der Waals surface area contributed by atoms with Gasteiger partial charge >= 0.3 is 11.8 Å². The molecule has 0 aromatic heterocycles. The molecule has 6 heteroatoms. The lowest BCUT2D eigenvalue weighted by atomic mass is 10.2. The number of nitrogens with one attached hydrogen (secondary N) is 2. The number of rotatable bonds is 5. The molecule has 0 spiro atoms. The van der Waals surface area contributed by atoms with Gasteiger partial charge in [0.25, 0.3) is 0 Å². The summed E-state index contributed by atoms with van der Waals surface area (Å²) in [7, 11) is 0. The Balaban J connectivity index is 1.92. The van der Waals surface area contributed by atoms with Gasteiger partial charge in [-0.1, -0.05) is 29.8 Å². The maximum atomic E-state index is 11.8. The molecule has 0 saturated carbocycles. The van der Waals surface area contributed by atoms with E-state index in [-0.39, 0.29) is 0 Å². The van der Waals surface area contributed by atoms with Crippen LogP contribution in [0, 0.1) is 6.92 Å². The summed E-state index contributed by atoms with van der Waals surface area (Å²) >= 11 is 0. The van der Waals surface area contributed by atoms with Crippen molar-refractivity contribution in [2.45, 2.75) is 13.8 Å². The topological polar surface area (TPSA) is 79.8 Å². The molecule has 6 nitrogen and oxygen atoms in total. The van der Waals surface area contributed by atoms with Crippen LogP contribution in [-0.2, 0) is 9.59 Å². The van der Waals surface area contributed by atoms with Gasteiger partial charge in [-0.05, 0) is 38.1 Å². The van der Waals surface area contributed by atoms with Crippen molar-refractivity contribution < 1.29 is 14.3 Å². The molecule has 24 heavy (non-hydrogen) atoms. The van der Waals surface area contributed by atoms with Crippen LogP contribution in [0.25, 0.3) is 0 Å². The smallest absolute Gasteiger partial charge is 0.329 e. The second kappa shape index (κ2) is 8.47. The molecule has 0 aliphatic carbocycles. The summed E-state index contributed by atoms with van der Waals surface area (Å²) in [5, 5.41) is 6.30. The molecular weight excluding hydrogens is 306 g/mol. The van der Waals surface area contributed by atoms with Gasteiger partial charge < -0.3 is 10.1 Å². The molecule has 0 bridgehead atoms. The summed E-state index contributed by atoms with van der Waals surface area (Å²) in [5.74, 6) is -0.975. The van der Waals surface area contributed by atoms with Crippen LogP contribution in [0.4, 0.5) is 5.69 Å². The Labute approximate surface area is 140 Å². The lowest BCUT2D eigenvalue weighted by Gasteiger charge is -2.06. The fraction of sp³-hybridized carbons (Fsp3) is 0.167. The lowest BCUT2D eigenvalue weighted by molar-refractivity contribution is -0.136. The first-order valence-electron chi connectivity index (χ1n) is 7.53. The van der Waals surface area contributed by atoms with Gasteiger partial charge in [0.15, 0.2) is 0 Å². The summed E-state index contributed by atoms with van der Waals surface area (Å²) in [5.41, 5.74) is 4.51. The normalized spacial score (nSPS) is 10.4. The predicted molar refractivity (Wildman–Crippen MR) is 93.2 cm³/mol. The number of para-hydroxylation sites is 1. The Morgan fingerprint density at radius 1 is 1.08 bits per heavy atom. The number of benzene rings is 2. The average Bonchev–Trinajstić information content (AvgIpc) is 2.58. The molecule has 0 fully saturated rings. The zero-order valence-corrected chi connectivity index (χ0v) is 13.6. The summed E-state index contributed by atoms with van der Waals surface area (Å²) in [6.45, 7) is 4.34. The van der Waals surface area contributed by atoms with E-state index < -0.39 is 11.8 Å². The Hall–Kier alpha value is -3.15. The Morgan fingerprint density at radius 2 is 1.79 bits per heavy atom. The zero-order chi connectivity index (χ0) is 17.4. The molecule has 2 amide bonds. The van der Waals surface area contributed by atoms with E-state index >= 15 is 0 Å². The van der Waals surface area contributed by atoms with Crippen LogP contribution in [0.1, 0.15) is 18.1 Å². The van der Waals surface area contributed by atoms with Crippen LogP contribution in [0.5, 0.6) is 5.75 Å². The van der Waals surface area contributed by atoms with E-state index in [1.165, 1.54) is 6.21 Å². The maximum absolute atomic E-state index is 11.8. The van der Waals surface area contributed by atoms with Crippen molar-refractivity contribution in [2.75, 3.05) is 11.9 Å². The number of nitrogens with zero attached hydrogens (tertiary/aromatic N) is 1. The van der Waals surface area contributed by atoms with Crippen LogP contribution in [0.2, 0.25) is 0 Å². The molecule has 0 unspecified atom stereocenters. The maximum Gasteiger partial charge on any atom is 0.329 e. The Morgan fingerprint density at radius 3 is 2.50 bits per heavy atom. The Bertz CT molecular complexity index is 739. The number of hydrogen-bond donors (Lipinski definition) is 2. The van der Waals surface area contributed by atoms with Crippen molar-refractivity contribution in [1.82, 2.24) is 5.43 Å². The number of anilines is 1. The van der Waals surface area contributed by atoms with Crippen LogP contribution in [0.15, 0.2) is 53.6 Å². The molecule has 0 aliphatic heterocycles. The molecule has 0 aliphatic rings. The fourth-order valence-corrected chi connectivity index (χ4v) is 1.91. The minimum atomic E-state index is -0.847. The van der Waals surface area contributed by atoms with E-state index in [1.54, 1.807) is 24.3 Å². The number of hydrazone groups is 1. The van der Waals surface area contributed by atoms with Gasteiger partial charge in [0.05, 0.1) is 12.8 Å². The number of hydrogen-bond acceptors (Lipinski definition) is 4. The highest BCUT2D eigenvalue weighted by Crippen LogP contribution is 2.15. The molecule has 0 saturated heterocycles. The van der Waals surface area contributed by atoms with Gasteiger partial charge in [0.2, 0.25) is 0 Å². The number of carbonyl (C=O) groups is 2. The van der Waals surface area contributed by atoms with E-state index in [1.807, 2.05) is 38.1 Å². The van der Waals surface area contributed by atoms with E-state index in [9.17, 15) is 9.59 Å². The highest BCUT2D eigenvalue weighted by Gasteiger charge is 2.12. The summed E-state index contributed by atoms with van der Waals surface area (Å²) in [4.78, 5) is 23.5. The number of carbonyl (C=O) groups excluding carboxylic acids is 2. The molecule has 2 aromatic carbocycles. The van der Waals surface area contributed by atoms with Crippen molar-refractivity contribution >= 4 is 23.7 Å². The van der Waals surface area contributed by atoms with E-state index in [4.69, 9.17) is 4.74 Å².